The lowest BCUT2D eigenvalue weighted by Crippen LogP contribution is -2.42. The van der Waals surface area contributed by atoms with Gasteiger partial charge in [-0.1, -0.05) is 36.4 Å². The molecule has 0 atom stereocenters. The van der Waals surface area contributed by atoms with E-state index in [0.717, 1.165) is 10.4 Å². The Hall–Kier alpha value is -3.33. The predicted molar refractivity (Wildman–Crippen MR) is 115 cm³/mol. The van der Waals surface area contributed by atoms with E-state index in [9.17, 15) is 14.4 Å². The Kier molecular flexibility index (Phi) is 6.50. The number of nitrogens with one attached hydrogen (secondary N) is 2. The van der Waals surface area contributed by atoms with E-state index in [1.807, 2.05) is 54.8 Å². The van der Waals surface area contributed by atoms with Crippen LogP contribution in [0.2, 0.25) is 0 Å². The molecular formula is C20H23N5O3S. The molecule has 2 heterocycles. The third-order valence-corrected chi connectivity index (χ3v) is 5.35. The monoisotopic (exact) mass is 413 g/mol. The first kappa shape index (κ1) is 20.4. The van der Waals surface area contributed by atoms with Gasteiger partial charge in [-0.15, -0.1) is 11.3 Å². The van der Waals surface area contributed by atoms with Gasteiger partial charge in [-0.2, -0.15) is 0 Å². The molecule has 3 rings (SSSR count). The summed E-state index contributed by atoms with van der Waals surface area (Å²) in [5.74, 6) is -0.199. The number of thiophene rings is 1. The number of H-pyrrole nitrogens is 1. The van der Waals surface area contributed by atoms with Gasteiger partial charge in [0.2, 0.25) is 5.91 Å². The third kappa shape index (κ3) is 4.94. The first-order valence-electron chi connectivity index (χ1n) is 9.20. The number of aromatic amines is 1. The second-order valence-electron chi connectivity index (χ2n) is 6.44. The Balaban J connectivity index is 1.83. The lowest BCUT2D eigenvalue weighted by Gasteiger charge is -2.24. The van der Waals surface area contributed by atoms with Crippen molar-refractivity contribution in [3.8, 4) is 0 Å². The number of carbonyl (C=O) groups excluding carboxylic acids is 1. The molecule has 1 aromatic carbocycles. The molecule has 1 amide bonds. The Morgan fingerprint density at radius 3 is 2.62 bits per heavy atom. The molecule has 2 aromatic heterocycles. The van der Waals surface area contributed by atoms with Crippen LogP contribution in [0.25, 0.3) is 0 Å². The zero-order valence-electron chi connectivity index (χ0n) is 16.1. The minimum atomic E-state index is -0.607. The number of likely N-dealkylation sites (N-methyl/N-ethyl adjacent to an activating group) is 1. The number of rotatable bonds is 8. The maximum absolute atomic E-state index is 12.5. The van der Waals surface area contributed by atoms with Crippen LogP contribution in [0.15, 0.2) is 57.4 Å². The van der Waals surface area contributed by atoms with Crippen molar-refractivity contribution in [1.29, 1.82) is 0 Å². The van der Waals surface area contributed by atoms with E-state index in [4.69, 9.17) is 5.73 Å². The standard InChI is InChI=1S/C20H23N5O3S/c1-2-24(13-16(26)22-11-15-9-6-10-29-15)17-18(21)25(20(28)23-19(17)27)12-14-7-4-3-5-8-14/h3-10H,2,11-13,21H2,1H3,(H,22,26)(H,23,27,28). The van der Waals surface area contributed by atoms with Gasteiger partial charge in [-0.25, -0.2) is 4.79 Å². The van der Waals surface area contributed by atoms with Crippen LogP contribution in [-0.4, -0.2) is 28.5 Å². The molecule has 3 aromatic rings. The molecule has 29 heavy (non-hydrogen) atoms. The zero-order chi connectivity index (χ0) is 20.8. The van der Waals surface area contributed by atoms with Crippen molar-refractivity contribution < 1.29 is 4.79 Å². The van der Waals surface area contributed by atoms with Crippen LogP contribution >= 0.6 is 11.3 Å². The molecule has 0 radical (unpaired) electrons. The van der Waals surface area contributed by atoms with E-state index in [0.29, 0.717) is 13.1 Å². The normalized spacial score (nSPS) is 10.7. The number of nitrogens with two attached hydrogens (primary N) is 1. The smallest absolute Gasteiger partial charge is 0.330 e. The summed E-state index contributed by atoms with van der Waals surface area (Å²) >= 11 is 1.55. The van der Waals surface area contributed by atoms with Gasteiger partial charge >= 0.3 is 5.69 Å². The zero-order valence-corrected chi connectivity index (χ0v) is 16.9. The molecule has 0 aliphatic heterocycles. The highest BCUT2D eigenvalue weighted by atomic mass is 32.1. The maximum Gasteiger partial charge on any atom is 0.330 e. The molecule has 0 bridgehead atoms. The van der Waals surface area contributed by atoms with E-state index in [1.165, 1.54) is 4.57 Å². The molecule has 152 valence electrons. The van der Waals surface area contributed by atoms with Crippen molar-refractivity contribution >= 4 is 28.7 Å². The molecule has 0 saturated heterocycles. The lowest BCUT2D eigenvalue weighted by atomic mass is 10.2. The molecule has 0 fully saturated rings. The number of aromatic nitrogens is 2. The fourth-order valence-electron chi connectivity index (χ4n) is 2.98. The summed E-state index contributed by atoms with van der Waals surface area (Å²) in [5.41, 5.74) is 6.01. The van der Waals surface area contributed by atoms with Crippen molar-refractivity contribution in [2.75, 3.05) is 23.7 Å². The SMILES string of the molecule is CCN(CC(=O)NCc1cccs1)c1c(N)n(Cc2ccccc2)c(=O)[nH]c1=O. The number of anilines is 2. The Bertz CT molecular complexity index is 1070. The van der Waals surface area contributed by atoms with Crippen LogP contribution in [0.5, 0.6) is 0 Å². The second-order valence-corrected chi connectivity index (χ2v) is 7.47. The number of amides is 1. The average Bonchev–Trinajstić information content (AvgIpc) is 3.23. The number of hydrogen-bond acceptors (Lipinski definition) is 6. The van der Waals surface area contributed by atoms with Crippen molar-refractivity contribution in [2.45, 2.75) is 20.0 Å². The minimum absolute atomic E-state index is 0.0375. The lowest BCUT2D eigenvalue weighted by molar-refractivity contribution is -0.119. The van der Waals surface area contributed by atoms with Crippen LogP contribution in [0.1, 0.15) is 17.4 Å². The highest BCUT2D eigenvalue weighted by molar-refractivity contribution is 7.09. The topological polar surface area (TPSA) is 113 Å². The Labute approximate surface area is 171 Å². The molecule has 9 heteroatoms. The summed E-state index contributed by atoms with van der Waals surface area (Å²) in [6.45, 7) is 2.80. The van der Waals surface area contributed by atoms with Gasteiger partial charge in [-0.3, -0.25) is 19.1 Å². The molecule has 0 unspecified atom stereocenters. The predicted octanol–water partition coefficient (Wildman–Crippen LogP) is 1.37. The van der Waals surface area contributed by atoms with Crippen molar-refractivity contribution in [3.05, 3.63) is 79.1 Å². The van der Waals surface area contributed by atoms with Crippen molar-refractivity contribution in [2.24, 2.45) is 0 Å². The summed E-state index contributed by atoms with van der Waals surface area (Å²) in [6.07, 6.45) is 0. The van der Waals surface area contributed by atoms with E-state index in [-0.39, 0.29) is 30.5 Å². The van der Waals surface area contributed by atoms with Crippen LogP contribution in [0.4, 0.5) is 11.5 Å². The average molecular weight is 414 g/mol. The third-order valence-electron chi connectivity index (χ3n) is 4.47. The van der Waals surface area contributed by atoms with Crippen molar-refractivity contribution in [1.82, 2.24) is 14.9 Å². The Morgan fingerprint density at radius 2 is 1.97 bits per heavy atom. The molecular weight excluding hydrogens is 390 g/mol. The summed E-state index contributed by atoms with van der Waals surface area (Å²) in [5, 5.41) is 4.77. The number of nitrogen functional groups attached to an aromatic ring is 1. The molecule has 4 N–H and O–H groups in total. The van der Waals surface area contributed by atoms with Crippen LogP contribution in [0.3, 0.4) is 0 Å². The van der Waals surface area contributed by atoms with Crippen LogP contribution in [0, 0.1) is 0 Å². The summed E-state index contributed by atoms with van der Waals surface area (Å²) in [4.78, 5) is 42.1. The van der Waals surface area contributed by atoms with E-state index in [2.05, 4.69) is 10.3 Å². The van der Waals surface area contributed by atoms with E-state index >= 15 is 0 Å². The largest absolute Gasteiger partial charge is 0.383 e. The number of hydrogen-bond donors (Lipinski definition) is 3. The van der Waals surface area contributed by atoms with Gasteiger partial charge in [0.05, 0.1) is 19.6 Å². The van der Waals surface area contributed by atoms with Gasteiger partial charge < -0.3 is 16.0 Å². The number of benzene rings is 1. The molecule has 0 aliphatic carbocycles. The first-order chi connectivity index (χ1) is 14.0. The van der Waals surface area contributed by atoms with Gasteiger partial charge in [0.1, 0.15) is 11.5 Å². The summed E-state index contributed by atoms with van der Waals surface area (Å²) in [6, 6.07) is 13.2. The Morgan fingerprint density at radius 1 is 1.21 bits per heavy atom. The number of carbonyl (C=O) groups is 1. The molecule has 8 nitrogen and oxygen atoms in total. The van der Waals surface area contributed by atoms with Gasteiger partial charge in [0.15, 0.2) is 0 Å². The van der Waals surface area contributed by atoms with E-state index in [1.54, 1.807) is 16.2 Å². The molecule has 0 saturated carbocycles. The molecule has 0 spiro atoms. The fraction of sp³-hybridized carbons (Fsp3) is 0.250. The quantitative estimate of drug-likeness (QED) is 0.516. The van der Waals surface area contributed by atoms with E-state index < -0.39 is 11.2 Å². The van der Waals surface area contributed by atoms with Crippen molar-refractivity contribution in [3.63, 3.8) is 0 Å². The highest BCUT2D eigenvalue weighted by Gasteiger charge is 2.20. The van der Waals surface area contributed by atoms with Gasteiger partial charge in [-0.05, 0) is 23.9 Å². The van der Waals surface area contributed by atoms with Crippen LogP contribution in [-0.2, 0) is 17.9 Å². The van der Waals surface area contributed by atoms with Gasteiger partial charge in [0, 0.05) is 11.4 Å². The maximum atomic E-state index is 12.5. The summed E-state index contributed by atoms with van der Waals surface area (Å²) < 4.78 is 1.30. The minimum Gasteiger partial charge on any atom is -0.383 e. The fourth-order valence-corrected chi connectivity index (χ4v) is 3.63. The second kappa shape index (κ2) is 9.24. The first-order valence-corrected chi connectivity index (χ1v) is 10.1. The number of nitrogens with zero attached hydrogens (tertiary/aromatic N) is 2. The van der Waals surface area contributed by atoms with Gasteiger partial charge in [0.25, 0.3) is 5.56 Å². The highest BCUT2D eigenvalue weighted by Crippen LogP contribution is 2.17. The van der Waals surface area contributed by atoms with Crippen LogP contribution < -0.4 is 27.2 Å². The molecule has 0 aliphatic rings. The summed E-state index contributed by atoms with van der Waals surface area (Å²) in [7, 11) is 0.